The summed E-state index contributed by atoms with van der Waals surface area (Å²) in [5.41, 5.74) is 5.80. The van der Waals surface area contributed by atoms with E-state index >= 15 is 0 Å². The second kappa shape index (κ2) is 5.34. The molecule has 0 amide bonds. The maximum atomic E-state index is 12.3. The van der Waals surface area contributed by atoms with Gasteiger partial charge in [0.1, 0.15) is 0 Å². The van der Waals surface area contributed by atoms with Gasteiger partial charge in [0, 0.05) is 0 Å². The first-order chi connectivity index (χ1) is 7.43. The van der Waals surface area contributed by atoms with E-state index in [1.807, 2.05) is 6.92 Å². The first kappa shape index (κ1) is 13.0. The van der Waals surface area contributed by atoms with Crippen LogP contribution < -0.4 is 5.73 Å². The Balaban J connectivity index is 2.58. The predicted octanol–water partition coefficient (Wildman–Crippen LogP) is 3.23. The largest absolute Gasteiger partial charge is 0.416 e. The molecule has 0 aliphatic heterocycles. The lowest BCUT2D eigenvalue weighted by Gasteiger charge is -2.09. The smallest absolute Gasteiger partial charge is 0.330 e. The van der Waals surface area contributed by atoms with Crippen molar-refractivity contribution in [3.63, 3.8) is 0 Å². The molecule has 0 aliphatic rings. The van der Waals surface area contributed by atoms with Crippen LogP contribution >= 0.6 is 0 Å². The second-order valence-corrected chi connectivity index (χ2v) is 4.07. The molecule has 0 saturated carbocycles. The number of hydrogen-bond donors (Lipinski definition) is 1. The minimum Gasteiger partial charge on any atom is -0.330 e. The monoisotopic (exact) mass is 231 g/mol. The fraction of sp³-hybridized carbons (Fsp3) is 0.500. The standard InChI is InChI=1S/C12H16F3N/c1-9(8-16)2-3-10-4-6-11(7-5-10)12(13,14)15/h4-7,9H,2-3,8,16H2,1H3. The maximum absolute atomic E-state index is 12.3. The molecular formula is C12H16F3N. The van der Waals surface area contributed by atoms with Crippen molar-refractivity contribution in [2.75, 3.05) is 6.54 Å². The van der Waals surface area contributed by atoms with Crippen molar-refractivity contribution in [1.29, 1.82) is 0 Å². The number of halogens is 3. The zero-order valence-electron chi connectivity index (χ0n) is 9.22. The Hall–Kier alpha value is -1.03. The normalized spacial score (nSPS) is 13.8. The zero-order valence-corrected chi connectivity index (χ0v) is 9.22. The van der Waals surface area contributed by atoms with Crippen LogP contribution in [0.25, 0.3) is 0 Å². The van der Waals surface area contributed by atoms with E-state index in [4.69, 9.17) is 5.73 Å². The van der Waals surface area contributed by atoms with E-state index in [1.54, 1.807) is 0 Å². The van der Waals surface area contributed by atoms with Crippen LogP contribution in [0.5, 0.6) is 0 Å². The molecule has 0 aliphatic carbocycles. The average Bonchev–Trinajstić information content (AvgIpc) is 2.25. The molecule has 0 heterocycles. The fourth-order valence-corrected chi connectivity index (χ4v) is 1.39. The van der Waals surface area contributed by atoms with Gasteiger partial charge in [-0.2, -0.15) is 13.2 Å². The molecule has 0 spiro atoms. The van der Waals surface area contributed by atoms with E-state index in [1.165, 1.54) is 12.1 Å². The number of nitrogens with two attached hydrogens (primary N) is 1. The lowest BCUT2D eigenvalue weighted by Crippen LogP contribution is -2.11. The highest BCUT2D eigenvalue weighted by Crippen LogP contribution is 2.29. The van der Waals surface area contributed by atoms with Gasteiger partial charge >= 0.3 is 6.18 Å². The van der Waals surface area contributed by atoms with E-state index in [0.717, 1.165) is 30.5 Å². The molecule has 90 valence electrons. The van der Waals surface area contributed by atoms with Crippen molar-refractivity contribution < 1.29 is 13.2 Å². The third kappa shape index (κ3) is 3.85. The third-order valence-corrected chi connectivity index (χ3v) is 2.61. The molecule has 1 rings (SSSR count). The molecule has 2 N–H and O–H groups in total. The van der Waals surface area contributed by atoms with Crippen LogP contribution in [0.4, 0.5) is 13.2 Å². The molecule has 0 aromatic heterocycles. The lowest BCUT2D eigenvalue weighted by molar-refractivity contribution is -0.137. The van der Waals surface area contributed by atoms with Gasteiger partial charge in [-0.1, -0.05) is 19.1 Å². The summed E-state index contributed by atoms with van der Waals surface area (Å²) in [4.78, 5) is 0. The van der Waals surface area contributed by atoms with Crippen LogP contribution in [-0.4, -0.2) is 6.54 Å². The molecule has 0 radical (unpaired) electrons. The predicted molar refractivity (Wildman–Crippen MR) is 58.0 cm³/mol. The van der Waals surface area contributed by atoms with E-state index in [2.05, 4.69) is 0 Å². The lowest BCUT2D eigenvalue weighted by atomic mass is 10.0. The van der Waals surface area contributed by atoms with Crippen molar-refractivity contribution in [3.05, 3.63) is 35.4 Å². The molecule has 0 fully saturated rings. The topological polar surface area (TPSA) is 26.0 Å². The Morgan fingerprint density at radius 1 is 1.19 bits per heavy atom. The first-order valence-electron chi connectivity index (χ1n) is 5.29. The van der Waals surface area contributed by atoms with Gasteiger partial charge in [0.15, 0.2) is 0 Å². The molecule has 1 aromatic rings. The summed E-state index contributed by atoms with van der Waals surface area (Å²) in [6.45, 7) is 2.64. The number of hydrogen-bond acceptors (Lipinski definition) is 1. The van der Waals surface area contributed by atoms with Gasteiger partial charge in [0.2, 0.25) is 0 Å². The molecule has 0 bridgehead atoms. The SMILES string of the molecule is CC(CN)CCc1ccc(C(F)(F)F)cc1. The van der Waals surface area contributed by atoms with Crippen LogP contribution in [0.1, 0.15) is 24.5 Å². The Bertz CT molecular complexity index is 316. The summed E-state index contributed by atoms with van der Waals surface area (Å²) >= 11 is 0. The first-order valence-corrected chi connectivity index (χ1v) is 5.29. The number of benzene rings is 1. The van der Waals surface area contributed by atoms with Gasteiger partial charge in [-0.15, -0.1) is 0 Å². The highest BCUT2D eigenvalue weighted by Gasteiger charge is 2.29. The van der Waals surface area contributed by atoms with Crippen molar-refractivity contribution in [3.8, 4) is 0 Å². The molecule has 16 heavy (non-hydrogen) atoms. The zero-order chi connectivity index (χ0) is 12.2. The minimum atomic E-state index is -4.25. The summed E-state index contributed by atoms with van der Waals surface area (Å²) < 4.78 is 36.8. The summed E-state index contributed by atoms with van der Waals surface area (Å²) in [5, 5.41) is 0. The average molecular weight is 231 g/mol. The maximum Gasteiger partial charge on any atom is 0.416 e. The van der Waals surface area contributed by atoms with E-state index in [0.29, 0.717) is 12.5 Å². The quantitative estimate of drug-likeness (QED) is 0.845. The van der Waals surface area contributed by atoms with Gasteiger partial charge in [-0.25, -0.2) is 0 Å². The van der Waals surface area contributed by atoms with Crippen LogP contribution in [-0.2, 0) is 12.6 Å². The molecule has 0 saturated heterocycles. The summed E-state index contributed by atoms with van der Waals surface area (Å²) in [6.07, 6.45) is -2.57. The van der Waals surface area contributed by atoms with Crippen LogP contribution in [0.15, 0.2) is 24.3 Å². The van der Waals surface area contributed by atoms with E-state index in [-0.39, 0.29) is 0 Å². The van der Waals surface area contributed by atoms with Gasteiger partial charge in [0.05, 0.1) is 5.56 Å². The summed E-state index contributed by atoms with van der Waals surface area (Å²) in [5.74, 6) is 0.405. The van der Waals surface area contributed by atoms with Gasteiger partial charge in [-0.05, 0) is 43.0 Å². The van der Waals surface area contributed by atoms with E-state index < -0.39 is 11.7 Å². The van der Waals surface area contributed by atoms with Crippen LogP contribution in [0.2, 0.25) is 0 Å². The van der Waals surface area contributed by atoms with Gasteiger partial charge in [0.25, 0.3) is 0 Å². The molecule has 4 heteroatoms. The van der Waals surface area contributed by atoms with Crippen LogP contribution in [0.3, 0.4) is 0 Å². The molecule has 1 nitrogen and oxygen atoms in total. The van der Waals surface area contributed by atoms with Crippen molar-refractivity contribution in [1.82, 2.24) is 0 Å². The van der Waals surface area contributed by atoms with Gasteiger partial charge < -0.3 is 5.73 Å². The minimum absolute atomic E-state index is 0.405. The molecule has 1 unspecified atom stereocenters. The fourth-order valence-electron chi connectivity index (χ4n) is 1.39. The summed E-state index contributed by atoms with van der Waals surface area (Å²) in [7, 11) is 0. The Morgan fingerprint density at radius 2 is 1.75 bits per heavy atom. The number of aryl methyl sites for hydroxylation is 1. The molecule has 1 atom stereocenters. The Morgan fingerprint density at radius 3 is 2.19 bits per heavy atom. The Labute approximate surface area is 93.5 Å². The number of alkyl halides is 3. The molecular weight excluding hydrogens is 215 g/mol. The van der Waals surface area contributed by atoms with Crippen molar-refractivity contribution in [2.45, 2.75) is 25.9 Å². The second-order valence-electron chi connectivity index (χ2n) is 4.07. The Kier molecular flexibility index (Phi) is 4.35. The number of rotatable bonds is 4. The summed E-state index contributed by atoms with van der Waals surface area (Å²) in [6, 6.07) is 5.32. The van der Waals surface area contributed by atoms with E-state index in [9.17, 15) is 13.2 Å². The van der Waals surface area contributed by atoms with Crippen molar-refractivity contribution in [2.24, 2.45) is 11.7 Å². The third-order valence-electron chi connectivity index (χ3n) is 2.61. The van der Waals surface area contributed by atoms with Crippen LogP contribution in [0, 0.1) is 5.92 Å². The highest BCUT2D eigenvalue weighted by atomic mass is 19.4. The van der Waals surface area contributed by atoms with Gasteiger partial charge in [-0.3, -0.25) is 0 Å². The highest BCUT2D eigenvalue weighted by molar-refractivity contribution is 5.24. The molecule has 1 aromatic carbocycles. The van der Waals surface area contributed by atoms with Crippen molar-refractivity contribution >= 4 is 0 Å².